The first kappa shape index (κ1) is 11.7. The molecule has 0 amide bonds. The molecule has 1 saturated carbocycles. The number of imidazole rings is 1. The Bertz CT molecular complexity index is 582. The quantitative estimate of drug-likeness (QED) is 0.862. The van der Waals surface area contributed by atoms with E-state index in [1.807, 2.05) is 6.07 Å². The van der Waals surface area contributed by atoms with Crippen LogP contribution in [0, 0.1) is 0 Å². The predicted molar refractivity (Wildman–Crippen MR) is 77.7 cm³/mol. The Hall–Kier alpha value is -1.42. The molecule has 0 unspecified atom stereocenters. The van der Waals surface area contributed by atoms with E-state index in [1.165, 1.54) is 31.2 Å². The number of para-hydroxylation sites is 2. The fourth-order valence-electron chi connectivity index (χ4n) is 2.94. The molecule has 0 radical (unpaired) electrons. The monoisotopic (exact) mass is 259 g/mol. The van der Waals surface area contributed by atoms with Crippen LogP contribution >= 0.6 is 12.2 Å². The molecule has 1 aliphatic carbocycles. The maximum atomic E-state index is 5.69. The first-order chi connectivity index (χ1) is 8.75. The highest BCUT2D eigenvalue weighted by molar-refractivity contribution is 7.80. The van der Waals surface area contributed by atoms with Gasteiger partial charge >= 0.3 is 0 Å². The SMILES string of the molecule is NC(=S)Cc1nc2ccccc2n1C1CCCC1. The third kappa shape index (κ3) is 2.01. The van der Waals surface area contributed by atoms with E-state index >= 15 is 0 Å². The summed E-state index contributed by atoms with van der Waals surface area (Å²) in [6.45, 7) is 0. The molecule has 0 spiro atoms. The number of nitrogens with zero attached hydrogens (tertiary/aromatic N) is 2. The molecule has 18 heavy (non-hydrogen) atoms. The molecule has 0 aliphatic heterocycles. The van der Waals surface area contributed by atoms with Crippen molar-refractivity contribution in [3.8, 4) is 0 Å². The summed E-state index contributed by atoms with van der Waals surface area (Å²) in [5.74, 6) is 1.02. The zero-order chi connectivity index (χ0) is 12.5. The van der Waals surface area contributed by atoms with Crippen molar-refractivity contribution in [2.75, 3.05) is 0 Å². The van der Waals surface area contributed by atoms with Crippen molar-refractivity contribution < 1.29 is 0 Å². The first-order valence-corrected chi connectivity index (χ1v) is 6.90. The van der Waals surface area contributed by atoms with Gasteiger partial charge in [0.1, 0.15) is 5.82 Å². The Morgan fingerprint density at radius 3 is 2.78 bits per heavy atom. The Kier molecular flexibility index (Phi) is 3.04. The topological polar surface area (TPSA) is 43.8 Å². The third-order valence-electron chi connectivity index (χ3n) is 3.69. The number of rotatable bonds is 3. The van der Waals surface area contributed by atoms with Gasteiger partial charge < -0.3 is 10.3 Å². The first-order valence-electron chi connectivity index (χ1n) is 6.50. The van der Waals surface area contributed by atoms with Gasteiger partial charge in [0.05, 0.1) is 22.4 Å². The summed E-state index contributed by atoms with van der Waals surface area (Å²) in [4.78, 5) is 5.21. The van der Waals surface area contributed by atoms with Gasteiger partial charge in [0, 0.05) is 6.04 Å². The van der Waals surface area contributed by atoms with Crippen molar-refractivity contribution in [3.05, 3.63) is 30.1 Å². The van der Waals surface area contributed by atoms with E-state index in [0.717, 1.165) is 11.3 Å². The van der Waals surface area contributed by atoms with Crippen molar-refractivity contribution in [2.24, 2.45) is 5.73 Å². The van der Waals surface area contributed by atoms with Crippen LogP contribution in [0.25, 0.3) is 11.0 Å². The lowest BCUT2D eigenvalue weighted by atomic mass is 10.2. The highest BCUT2D eigenvalue weighted by Crippen LogP contribution is 2.33. The smallest absolute Gasteiger partial charge is 0.116 e. The second-order valence-electron chi connectivity index (χ2n) is 4.97. The molecule has 3 rings (SSSR count). The third-order valence-corrected chi connectivity index (χ3v) is 3.84. The largest absolute Gasteiger partial charge is 0.393 e. The van der Waals surface area contributed by atoms with E-state index in [0.29, 0.717) is 17.5 Å². The van der Waals surface area contributed by atoms with Crippen LogP contribution < -0.4 is 5.73 Å². The van der Waals surface area contributed by atoms with Gasteiger partial charge in [-0.2, -0.15) is 0 Å². The van der Waals surface area contributed by atoms with E-state index in [9.17, 15) is 0 Å². The van der Waals surface area contributed by atoms with E-state index < -0.39 is 0 Å². The van der Waals surface area contributed by atoms with Gasteiger partial charge in [-0.25, -0.2) is 4.98 Å². The molecule has 94 valence electrons. The van der Waals surface area contributed by atoms with Gasteiger partial charge in [0.2, 0.25) is 0 Å². The Labute approximate surface area is 112 Å². The molecule has 0 saturated heterocycles. The van der Waals surface area contributed by atoms with E-state index in [1.54, 1.807) is 0 Å². The Morgan fingerprint density at radius 2 is 2.06 bits per heavy atom. The lowest BCUT2D eigenvalue weighted by Crippen LogP contribution is -2.17. The average molecular weight is 259 g/mol. The van der Waals surface area contributed by atoms with Crippen molar-refractivity contribution in [3.63, 3.8) is 0 Å². The zero-order valence-corrected chi connectivity index (χ0v) is 11.1. The lowest BCUT2D eigenvalue weighted by Gasteiger charge is -2.16. The normalized spacial score (nSPS) is 16.4. The highest BCUT2D eigenvalue weighted by Gasteiger charge is 2.22. The average Bonchev–Trinajstić information content (AvgIpc) is 2.93. The highest BCUT2D eigenvalue weighted by atomic mass is 32.1. The molecule has 4 heteroatoms. The maximum absolute atomic E-state index is 5.69. The van der Waals surface area contributed by atoms with Crippen LogP contribution in [-0.4, -0.2) is 14.5 Å². The summed E-state index contributed by atoms with van der Waals surface area (Å²) < 4.78 is 2.36. The number of aromatic nitrogens is 2. The van der Waals surface area contributed by atoms with Crippen LogP contribution in [-0.2, 0) is 6.42 Å². The van der Waals surface area contributed by atoms with Crippen LogP contribution in [0.3, 0.4) is 0 Å². The standard InChI is InChI=1S/C14H17N3S/c15-13(18)9-14-16-11-7-3-4-8-12(11)17(14)10-5-1-2-6-10/h3-4,7-8,10H,1-2,5-6,9H2,(H2,15,18). The fourth-order valence-corrected chi connectivity index (χ4v) is 3.07. The number of thiocarbonyl (C=S) groups is 1. The van der Waals surface area contributed by atoms with Gasteiger partial charge in [-0.3, -0.25) is 0 Å². The zero-order valence-electron chi connectivity index (χ0n) is 10.3. The molecule has 1 heterocycles. The maximum Gasteiger partial charge on any atom is 0.116 e. The number of hydrogen-bond donors (Lipinski definition) is 1. The summed E-state index contributed by atoms with van der Waals surface area (Å²) >= 11 is 5.04. The molecule has 2 aromatic rings. The Morgan fingerprint density at radius 1 is 1.33 bits per heavy atom. The second-order valence-corrected chi connectivity index (χ2v) is 5.49. The molecule has 1 aromatic heterocycles. The van der Waals surface area contributed by atoms with Crippen molar-refractivity contribution in [1.82, 2.24) is 9.55 Å². The molecule has 0 bridgehead atoms. The number of benzene rings is 1. The van der Waals surface area contributed by atoms with Gasteiger partial charge in [0.25, 0.3) is 0 Å². The molecular weight excluding hydrogens is 242 g/mol. The summed E-state index contributed by atoms with van der Waals surface area (Å²) in [6.07, 6.45) is 5.70. The van der Waals surface area contributed by atoms with Crippen LogP contribution in [0.5, 0.6) is 0 Å². The minimum Gasteiger partial charge on any atom is -0.393 e. The minimum atomic E-state index is 0.518. The summed E-state index contributed by atoms with van der Waals surface area (Å²) in [7, 11) is 0. The molecule has 0 atom stereocenters. The summed E-state index contributed by atoms with van der Waals surface area (Å²) in [6, 6.07) is 8.87. The molecule has 2 N–H and O–H groups in total. The molecule has 1 fully saturated rings. The number of nitrogens with two attached hydrogens (primary N) is 1. The molecule has 1 aliphatic rings. The van der Waals surface area contributed by atoms with E-state index in [2.05, 4.69) is 22.8 Å². The van der Waals surface area contributed by atoms with Crippen molar-refractivity contribution in [2.45, 2.75) is 38.1 Å². The number of fused-ring (bicyclic) bond motifs is 1. The van der Waals surface area contributed by atoms with Gasteiger partial charge in [-0.05, 0) is 25.0 Å². The Balaban J connectivity index is 2.13. The van der Waals surface area contributed by atoms with Crippen LogP contribution in [0.4, 0.5) is 0 Å². The summed E-state index contributed by atoms with van der Waals surface area (Å²) in [5.41, 5.74) is 7.96. The lowest BCUT2D eigenvalue weighted by molar-refractivity contribution is 0.517. The van der Waals surface area contributed by atoms with E-state index in [4.69, 9.17) is 22.9 Å². The fraction of sp³-hybridized carbons (Fsp3) is 0.429. The van der Waals surface area contributed by atoms with Gasteiger partial charge in [0.15, 0.2) is 0 Å². The van der Waals surface area contributed by atoms with Crippen LogP contribution in [0.1, 0.15) is 37.5 Å². The predicted octanol–water partition coefficient (Wildman–Crippen LogP) is 2.98. The minimum absolute atomic E-state index is 0.518. The van der Waals surface area contributed by atoms with Gasteiger partial charge in [-0.1, -0.05) is 37.2 Å². The molecule has 3 nitrogen and oxygen atoms in total. The van der Waals surface area contributed by atoms with E-state index in [-0.39, 0.29) is 0 Å². The molecular formula is C14H17N3S. The summed E-state index contributed by atoms with van der Waals surface area (Å²) in [5, 5.41) is 0. The second kappa shape index (κ2) is 4.69. The number of hydrogen-bond acceptors (Lipinski definition) is 2. The van der Waals surface area contributed by atoms with Crippen molar-refractivity contribution >= 4 is 28.2 Å². The molecule has 1 aromatic carbocycles. The van der Waals surface area contributed by atoms with Crippen LogP contribution in [0.2, 0.25) is 0 Å². The van der Waals surface area contributed by atoms with Gasteiger partial charge in [-0.15, -0.1) is 0 Å². The van der Waals surface area contributed by atoms with Crippen molar-refractivity contribution in [1.29, 1.82) is 0 Å². The van der Waals surface area contributed by atoms with Crippen LogP contribution in [0.15, 0.2) is 24.3 Å².